The third-order valence-corrected chi connectivity index (χ3v) is 5.98. The van der Waals surface area contributed by atoms with Gasteiger partial charge in [-0.05, 0) is 29.7 Å². The molecule has 0 saturated carbocycles. The van der Waals surface area contributed by atoms with Crippen LogP contribution < -0.4 is 5.32 Å². The molecule has 1 saturated heterocycles. The third-order valence-electron chi connectivity index (χ3n) is 5.98. The van der Waals surface area contributed by atoms with E-state index in [1.54, 1.807) is 0 Å². The number of para-hydroxylation sites is 1. The second-order valence-electron chi connectivity index (χ2n) is 8.22. The van der Waals surface area contributed by atoms with E-state index in [9.17, 15) is 9.59 Å². The number of anilines is 1. The summed E-state index contributed by atoms with van der Waals surface area (Å²) in [6, 6.07) is 25.9. The van der Waals surface area contributed by atoms with Gasteiger partial charge in [0.15, 0.2) is 0 Å². The first-order chi connectivity index (χ1) is 15.6. The number of amides is 2. The highest BCUT2D eigenvalue weighted by Gasteiger charge is 2.23. The molecule has 3 aromatic carbocycles. The van der Waals surface area contributed by atoms with Gasteiger partial charge in [0.05, 0.1) is 13.0 Å². The summed E-state index contributed by atoms with van der Waals surface area (Å²) < 4.78 is 0. The van der Waals surface area contributed by atoms with Crippen LogP contribution in [0.5, 0.6) is 0 Å². The van der Waals surface area contributed by atoms with Gasteiger partial charge in [0, 0.05) is 37.4 Å². The Balaban J connectivity index is 1.29. The molecule has 164 valence electrons. The van der Waals surface area contributed by atoms with E-state index in [4.69, 9.17) is 0 Å². The smallest absolute Gasteiger partial charge is 0.238 e. The van der Waals surface area contributed by atoms with Gasteiger partial charge < -0.3 is 10.2 Å². The highest BCUT2D eigenvalue weighted by Crippen LogP contribution is 2.27. The summed E-state index contributed by atoms with van der Waals surface area (Å²) in [5, 5.41) is 3.07. The van der Waals surface area contributed by atoms with Crippen molar-refractivity contribution in [2.75, 3.05) is 38.0 Å². The van der Waals surface area contributed by atoms with E-state index in [2.05, 4.69) is 10.2 Å². The maximum absolute atomic E-state index is 12.7. The summed E-state index contributed by atoms with van der Waals surface area (Å²) in [7, 11) is 0. The summed E-state index contributed by atoms with van der Waals surface area (Å²) in [5.41, 5.74) is 5.12. The molecule has 1 aliphatic heterocycles. The number of nitrogens with one attached hydrogen (secondary N) is 1. The molecule has 0 radical (unpaired) electrons. The Morgan fingerprint density at radius 2 is 1.47 bits per heavy atom. The average molecular weight is 428 g/mol. The van der Waals surface area contributed by atoms with E-state index in [1.165, 1.54) is 0 Å². The van der Waals surface area contributed by atoms with Gasteiger partial charge in [-0.1, -0.05) is 72.8 Å². The molecule has 0 aliphatic carbocycles. The highest BCUT2D eigenvalue weighted by molar-refractivity contribution is 5.96. The van der Waals surface area contributed by atoms with Crippen LogP contribution in [-0.4, -0.2) is 54.3 Å². The van der Waals surface area contributed by atoms with Crippen LogP contribution >= 0.6 is 0 Å². The van der Waals surface area contributed by atoms with Crippen molar-refractivity contribution in [2.45, 2.75) is 13.3 Å². The first-order valence-corrected chi connectivity index (χ1v) is 11.1. The number of benzene rings is 3. The SMILES string of the molecule is Cc1ccccc1CC(=O)N1CCN(CC(=O)Nc2ccccc2-c2ccccc2)CC1. The average Bonchev–Trinajstić information content (AvgIpc) is 2.82. The molecular formula is C27H29N3O2. The fourth-order valence-corrected chi connectivity index (χ4v) is 4.09. The van der Waals surface area contributed by atoms with Gasteiger partial charge in [0.1, 0.15) is 0 Å². The van der Waals surface area contributed by atoms with Gasteiger partial charge in [0.2, 0.25) is 11.8 Å². The van der Waals surface area contributed by atoms with Crippen molar-refractivity contribution in [2.24, 2.45) is 0 Å². The summed E-state index contributed by atoms with van der Waals surface area (Å²) in [4.78, 5) is 29.4. The van der Waals surface area contributed by atoms with Crippen LogP contribution in [0.1, 0.15) is 11.1 Å². The Bertz CT molecular complexity index is 1070. The molecule has 1 N–H and O–H groups in total. The fourth-order valence-electron chi connectivity index (χ4n) is 4.09. The third kappa shape index (κ3) is 5.42. The monoisotopic (exact) mass is 427 g/mol. The minimum absolute atomic E-state index is 0.0342. The van der Waals surface area contributed by atoms with Crippen LogP contribution in [0.2, 0.25) is 0 Å². The standard InChI is InChI=1S/C27H29N3O2/c1-21-9-5-6-12-23(21)19-27(32)30-17-15-29(16-18-30)20-26(31)28-25-14-8-7-13-24(25)22-10-3-2-4-11-22/h2-14H,15-20H2,1H3,(H,28,31). The molecule has 5 nitrogen and oxygen atoms in total. The van der Waals surface area contributed by atoms with Crippen LogP contribution in [-0.2, 0) is 16.0 Å². The van der Waals surface area contributed by atoms with Crippen LogP contribution in [0.3, 0.4) is 0 Å². The molecule has 0 spiro atoms. The van der Waals surface area contributed by atoms with Gasteiger partial charge in [-0.25, -0.2) is 0 Å². The first kappa shape index (κ1) is 21.8. The lowest BCUT2D eigenvalue weighted by atomic mass is 10.0. The van der Waals surface area contributed by atoms with Crippen LogP contribution in [0.15, 0.2) is 78.9 Å². The maximum Gasteiger partial charge on any atom is 0.238 e. The van der Waals surface area contributed by atoms with Crippen LogP contribution in [0, 0.1) is 6.92 Å². The number of nitrogens with zero attached hydrogens (tertiary/aromatic N) is 2. The molecule has 0 bridgehead atoms. The molecule has 0 aromatic heterocycles. The molecule has 1 aliphatic rings. The van der Waals surface area contributed by atoms with Crippen molar-refractivity contribution in [3.8, 4) is 11.1 Å². The number of rotatable bonds is 6. The largest absolute Gasteiger partial charge is 0.340 e. The number of hydrogen-bond donors (Lipinski definition) is 1. The minimum atomic E-state index is -0.0342. The van der Waals surface area contributed by atoms with Gasteiger partial charge in [-0.2, -0.15) is 0 Å². The summed E-state index contributed by atoms with van der Waals surface area (Å²) in [5.74, 6) is 0.119. The van der Waals surface area contributed by atoms with E-state index in [1.807, 2.05) is 90.7 Å². The lowest BCUT2D eigenvalue weighted by Crippen LogP contribution is -2.50. The molecule has 3 aromatic rings. The zero-order valence-electron chi connectivity index (χ0n) is 18.5. The number of piperazine rings is 1. The molecule has 5 heteroatoms. The van der Waals surface area contributed by atoms with E-state index >= 15 is 0 Å². The Hall–Kier alpha value is -3.44. The molecule has 0 unspecified atom stereocenters. The number of aryl methyl sites for hydroxylation is 1. The predicted molar refractivity (Wildman–Crippen MR) is 128 cm³/mol. The summed E-state index contributed by atoms with van der Waals surface area (Å²) in [6.45, 7) is 5.07. The summed E-state index contributed by atoms with van der Waals surface area (Å²) >= 11 is 0. The maximum atomic E-state index is 12.7. The molecule has 2 amide bonds. The quantitative estimate of drug-likeness (QED) is 0.647. The zero-order chi connectivity index (χ0) is 22.3. The molecule has 0 atom stereocenters. The molecule has 32 heavy (non-hydrogen) atoms. The highest BCUT2D eigenvalue weighted by atomic mass is 16.2. The number of hydrogen-bond acceptors (Lipinski definition) is 3. The van der Waals surface area contributed by atoms with Gasteiger partial charge in [-0.15, -0.1) is 0 Å². The summed E-state index contributed by atoms with van der Waals surface area (Å²) in [6.07, 6.45) is 0.434. The topological polar surface area (TPSA) is 52.7 Å². The Kier molecular flexibility index (Phi) is 6.97. The molecule has 1 heterocycles. The van der Waals surface area contributed by atoms with Crippen molar-refractivity contribution in [3.63, 3.8) is 0 Å². The Morgan fingerprint density at radius 3 is 2.22 bits per heavy atom. The number of carbonyl (C=O) groups is 2. The van der Waals surface area contributed by atoms with Crippen molar-refractivity contribution in [3.05, 3.63) is 90.0 Å². The lowest BCUT2D eigenvalue weighted by Gasteiger charge is -2.34. The van der Waals surface area contributed by atoms with Gasteiger partial charge in [-0.3, -0.25) is 14.5 Å². The minimum Gasteiger partial charge on any atom is -0.340 e. The predicted octanol–water partition coefficient (Wildman–Crippen LogP) is 3.99. The van der Waals surface area contributed by atoms with Gasteiger partial charge in [0.25, 0.3) is 0 Å². The zero-order valence-corrected chi connectivity index (χ0v) is 18.5. The van der Waals surface area contributed by atoms with Crippen molar-refractivity contribution in [1.82, 2.24) is 9.80 Å². The van der Waals surface area contributed by atoms with E-state index < -0.39 is 0 Å². The Morgan fingerprint density at radius 1 is 0.812 bits per heavy atom. The molecular weight excluding hydrogens is 398 g/mol. The van der Waals surface area contributed by atoms with Gasteiger partial charge >= 0.3 is 0 Å². The lowest BCUT2D eigenvalue weighted by molar-refractivity contribution is -0.132. The van der Waals surface area contributed by atoms with E-state index in [-0.39, 0.29) is 11.8 Å². The van der Waals surface area contributed by atoms with Crippen LogP contribution in [0.25, 0.3) is 11.1 Å². The number of carbonyl (C=O) groups excluding carboxylic acids is 2. The normalized spacial score (nSPS) is 14.2. The van der Waals surface area contributed by atoms with Crippen LogP contribution in [0.4, 0.5) is 5.69 Å². The van der Waals surface area contributed by atoms with Crippen molar-refractivity contribution in [1.29, 1.82) is 0 Å². The Labute approximate surface area is 189 Å². The molecule has 4 rings (SSSR count). The second kappa shape index (κ2) is 10.2. The second-order valence-corrected chi connectivity index (χ2v) is 8.22. The van der Waals surface area contributed by atoms with E-state index in [0.717, 1.165) is 27.9 Å². The fraction of sp³-hybridized carbons (Fsp3) is 0.259. The molecule has 1 fully saturated rings. The van der Waals surface area contributed by atoms with Crippen molar-refractivity contribution < 1.29 is 9.59 Å². The van der Waals surface area contributed by atoms with E-state index in [0.29, 0.717) is 39.1 Å². The van der Waals surface area contributed by atoms with Crippen molar-refractivity contribution >= 4 is 17.5 Å². The first-order valence-electron chi connectivity index (χ1n) is 11.1.